The summed E-state index contributed by atoms with van der Waals surface area (Å²) in [6.45, 7) is 8.25. The minimum atomic E-state index is -0.130. The van der Waals surface area contributed by atoms with Crippen molar-refractivity contribution in [2.24, 2.45) is 5.92 Å². The molecule has 7 nitrogen and oxygen atoms in total. The largest absolute Gasteiger partial charge is 0.339 e. The smallest absolute Gasteiger partial charge is 0.253 e. The van der Waals surface area contributed by atoms with Crippen LogP contribution in [-0.2, 0) is 17.6 Å². The average Bonchev–Trinajstić information content (AvgIpc) is 3.64. The molecule has 3 aliphatic rings. The number of nitrogens with one attached hydrogen (secondary N) is 1. The molecule has 43 heavy (non-hydrogen) atoms. The molecule has 3 aromatic rings. The molecule has 0 unspecified atom stereocenters. The molecule has 0 atom stereocenters. The molecule has 0 spiro atoms. The Morgan fingerprint density at radius 2 is 1.77 bits per heavy atom. The maximum Gasteiger partial charge on any atom is 0.253 e. The first kappa shape index (κ1) is 31.7. The van der Waals surface area contributed by atoms with Crippen molar-refractivity contribution in [3.05, 3.63) is 45.7 Å². The molecule has 2 aromatic heterocycles. The van der Waals surface area contributed by atoms with E-state index in [2.05, 4.69) is 31.1 Å². The number of fused-ring (bicyclic) bond motifs is 3. The summed E-state index contributed by atoms with van der Waals surface area (Å²) in [5.74, 6) is 1.11. The second kappa shape index (κ2) is 13.9. The van der Waals surface area contributed by atoms with Crippen LogP contribution < -0.4 is 5.32 Å². The molecule has 2 amide bonds. The number of carbonyl (C=O) groups excluding carboxylic acids is 2. The van der Waals surface area contributed by atoms with E-state index in [0.717, 1.165) is 72.1 Å². The molecular formula is C34H46ClN5O2S. The zero-order chi connectivity index (χ0) is 30.7. The summed E-state index contributed by atoms with van der Waals surface area (Å²) in [6.07, 6.45) is 14.0. The Morgan fingerprint density at radius 3 is 2.37 bits per heavy atom. The van der Waals surface area contributed by atoms with Crippen molar-refractivity contribution in [2.45, 2.75) is 117 Å². The van der Waals surface area contributed by atoms with Crippen LogP contribution in [0.25, 0.3) is 16.3 Å². The summed E-state index contributed by atoms with van der Waals surface area (Å²) in [4.78, 5) is 32.6. The van der Waals surface area contributed by atoms with Gasteiger partial charge in [0.05, 0.1) is 32.7 Å². The number of carbonyl (C=O) groups is 2. The van der Waals surface area contributed by atoms with Gasteiger partial charge in [-0.05, 0) is 75.5 Å². The van der Waals surface area contributed by atoms with Crippen molar-refractivity contribution in [1.29, 1.82) is 0 Å². The van der Waals surface area contributed by atoms with E-state index in [1.54, 1.807) is 6.07 Å². The predicted molar refractivity (Wildman–Crippen MR) is 177 cm³/mol. The fraction of sp³-hybridized carbons (Fsp3) is 0.588. The monoisotopic (exact) mass is 623 g/mol. The van der Waals surface area contributed by atoms with E-state index in [9.17, 15) is 9.59 Å². The SMILES string of the molecule is CC(=O)Nc1nc2c(s1)-c1c(c(C3CC3)nn1-c1ccc(C(=O)N(C)C3CCC(C)CC3)cc1Cl)CC2.CCCCCC. The van der Waals surface area contributed by atoms with Gasteiger partial charge < -0.3 is 10.2 Å². The lowest BCUT2D eigenvalue weighted by atomic mass is 9.86. The quantitative estimate of drug-likeness (QED) is 0.254. The Hall–Kier alpha value is -2.71. The summed E-state index contributed by atoms with van der Waals surface area (Å²) < 4.78 is 1.94. The summed E-state index contributed by atoms with van der Waals surface area (Å²) >= 11 is 8.35. The van der Waals surface area contributed by atoms with Crippen LogP contribution in [0.15, 0.2) is 18.2 Å². The lowest BCUT2D eigenvalue weighted by Gasteiger charge is -2.33. The minimum absolute atomic E-state index is 0.0128. The molecule has 232 valence electrons. The molecule has 2 heterocycles. The lowest BCUT2D eigenvalue weighted by molar-refractivity contribution is -0.114. The van der Waals surface area contributed by atoms with E-state index in [0.29, 0.717) is 21.6 Å². The van der Waals surface area contributed by atoms with Crippen LogP contribution in [-0.4, -0.2) is 44.6 Å². The molecule has 0 aliphatic heterocycles. The van der Waals surface area contributed by atoms with Crippen LogP contribution in [0.4, 0.5) is 5.13 Å². The van der Waals surface area contributed by atoms with Crippen LogP contribution >= 0.6 is 22.9 Å². The van der Waals surface area contributed by atoms with Crippen molar-refractivity contribution in [3.8, 4) is 16.3 Å². The van der Waals surface area contributed by atoms with Crippen molar-refractivity contribution in [2.75, 3.05) is 12.4 Å². The number of hydrogen-bond acceptors (Lipinski definition) is 5. The number of hydrogen-bond donors (Lipinski definition) is 1. The molecule has 1 aromatic carbocycles. The van der Waals surface area contributed by atoms with Gasteiger partial charge >= 0.3 is 0 Å². The Kier molecular flexibility index (Phi) is 10.3. The summed E-state index contributed by atoms with van der Waals surface area (Å²) in [7, 11) is 1.91. The first-order chi connectivity index (χ1) is 20.7. The number of aryl methyl sites for hydroxylation is 1. The number of rotatable bonds is 8. The van der Waals surface area contributed by atoms with Crippen LogP contribution in [0.2, 0.25) is 5.02 Å². The Morgan fingerprint density at radius 1 is 1.07 bits per heavy atom. The molecule has 6 rings (SSSR count). The van der Waals surface area contributed by atoms with Gasteiger partial charge in [0.25, 0.3) is 5.91 Å². The topological polar surface area (TPSA) is 80.1 Å². The molecule has 2 fully saturated rings. The van der Waals surface area contributed by atoms with Crippen LogP contribution in [0, 0.1) is 5.92 Å². The summed E-state index contributed by atoms with van der Waals surface area (Å²) in [6, 6.07) is 5.85. The van der Waals surface area contributed by atoms with Gasteiger partial charge in [-0.25, -0.2) is 9.67 Å². The number of anilines is 1. The molecule has 0 saturated heterocycles. The van der Waals surface area contributed by atoms with Gasteiger partial charge in [0.15, 0.2) is 5.13 Å². The first-order valence-electron chi connectivity index (χ1n) is 16.2. The van der Waals surface area contributed by atoms with Gasteiger partial charge in [0.1, 0.15) is 0 Å². The highest BCUT2D eigenvalue weighted by atomic mass is 35.5. The Labute approximate surface area is 265 Å². The fourth-order valence-electron chi connectivity index (χ4n) is 6.27. The van der Waals surface area contributed by atoms with E-state index >= 15 is 0 Å². The van der Waals surface area contributed by atoms with E-state index in [1.165, 1.54) is 62.3 Å². The minimum Gasteiger partial charge on any atom is -0.339 e. The molecule has 1 N–H and O–H groups in total. The Bertz CT molecular complexity index is 1450. The van der Waals surface area contributed by atoms with Gasteiger partial charge in [-0.15, -0.1) is 0 Å². The van der Waals surface area contributed by atoms with E-state index in [1.807, 2.05) is 28.8 Å². The molecule has 2 saturated carbocycles. The third kappa shape index (κ3) is 7.17. The van der Waals surface area contributed by atoms with Gasteiger partial charge in [-0.3, -0.25) is 9.59 Å². The van der Waals surface area contributed by atoms with Gasteiger partial charge in [0, 0.05) is 37.1 Å². The van der Waals surface area contributed by atoms with E-state index in [4.69, 9.17) is 16.7 Å². The third-order valence-electron chi connectivity index (χ3n) is 9.02. The van der Waals surface area contributed by atoms with Crippen molar-refractivity contribution in [1.82, 2.24) is 19.7 Å². The molecule has 3 aliphatic carbocycles. The van der Waals surface area contributed by atoms with Gasteiger partial charge in [-0.2, -0.15) is 5.10 Å². The van der Waals surface area contributed by atoms with Crippen molar-refractivity contribution in [3.63, 3.8) is 0 Å². The van der Waals surface area contributed by atoms with Crippen LogP contribution in [0.3, 0.4) is 0 Å². The highest BCUT2D eigenvalue weighted by Gasteiger charge is 2.36. The van der Waals surface area contributed by atoms with Crippen molar-refractivity contribution < 1.29 is 9.59 Å². The highest BCUT2D eigenvalue weighted by molar-refractivity contribution is 7.19. The average molecular weight is 624 g/mol. The predicted octanol–water partition coefficient (Wildman–Crippen LogP) is 8.82. The third-order valence-corrected chi connectivity index (χ3v) is 10.3. The standard InChI is InChI=1S/C28H32ClN5O2S.C6H14/c1-15-4-9-19(10-5-15)33(3)27(36)18-8-13-23(21(29)14-18)34-25-20(24(32-34)17-6-7-17)11-12-22-26(25)37-28(31-22)30-16(2)35;1-3-5-6-4-2/h8,13-15,17,19H,4-7,9-12H2,1-3H3,(H,30,31,35);3-6H2,1-2H3. The number of halogens is 1. The zero-order valence-electron chi connectivity index (χ0n) is 26.3. The second-order valence-corrected chi connectivity index (χ2v) is 14.0. The van der Waals surface area contributed by atoms with Gasteiger partial charge in [-0.1, -0.05) is 69.4 Å². The molecule has 0 bridgehead atoms. The lowest BCUT2D eigenvalue weighted by Crippen LogP contribution is -2.39. The van der Waals surface area contributed by atoms with E-state index < -0.39 is 0 Å². The number of benzene rings is 1. The second-order valence-electron chi connectivity index (χ2n) is 12.6. The fourth-order valence-corrected chi connectivity index (χ4v) is 7.65. The number of nitrogens with zero attached hydrogens (tertiary/aromatic N) is 4. The number of amides is 2. The molecular weight excluding hydrogens is 578 g/mol. The number of thiazole rings is 1. The van der Waals surface area contributed by atoms with E-state index in [-0.39, 0.29) is 17.9 Å². The normalized spacial score (nSPS) is 19.1. The number of aromatic nitrogens is 3. The zero-order valence-corrected chi connectivity index (χ0v) is 27.9. The first-order valence-corrected chi connectivity index (χ1v) is 17.4. The van der Waals surface area contributed by atoms with Gasteiger partial charge in [0.2, 0.25) is 5.91 Å². The maximum atomic E-state index is 13.3. The summed E-state index contributed by atoms with van der Waals surface area (Å²) in [5, 5.41) is 9.02. The molecule has 0 radical (unpaired) electrons. The van der Waals surface area contributed by atoms with Crippen LogP contribution in [0.5, 0.6) is 0 Å². The van der Waals surface area contributed by atoms with Crippen LogP contribution in [0.1, 0.15) is 125 Å². The maximum absolute atomic E-state index is 13.3. The van der Waals surface area contributed by atoms with Crippen molar-refractivity contribution >= 4 is 39.9 Å². The molecule has 9 heteroatoms. The summed E-state index contributed by atoms with van der Waals surface area (Å²) in [5.41, 5.74) is 5.78. The number of unbranched alkanes of at least 4 members (excludes halogenated alkanes) is 3. The Balaban J connectivity index is 0.000000559. The highest BCUT2D eigenvalue weighted by Crippen LogP contribution is 2.48.